The van der Waals surface area contributed by atoms with Crippen LogP contribution in [0, 0.1) is 11.8 Å². The second kappa shape index (κ2) is 24.3. The third-order valence-electron chi connectivity index (χ3n) is 5.90. The predicted octanol–water partition coefficient (Wildman–Crippen LogP) is 7.80. The Labute approximate surface area is 248 Å². The highest BCUT2D eigenvalue weighted by molar-refractivity contribution is 5.82. The Hall–Kier alpha value is -3.48. The highest BCUT2D eigenvalue weighted by atomic mass is 16.5. The smallest absolute Gasteiger partial charge is 0.330 e. The number of carbonyl (C=O) groups is 2. The predicted molar refractivity (Wildman–Crippen MR) is 169 cm³/mol. The maximum atomic E-state index is 11.5. The van der Waals surface area contributed by atoms with Crippen molar-refractivity contribution in [2.45, 2.75) is 47.0 Å². The largest absolute Gasteiger partial charge is 0.469 e. The third kappa shape index (κ3) is 16.4. The monoisotopic (exact) mass is 566 g/mol. The molecule has 2 aromatic carbocycles. The van der Waals surface area contributed by atoms with Gasteiger partial charge < -0.3 is 18.9 Å². The van der Waals surface area contributed by atoms with Crippen molar-refractivity contribution in [2.75, 3.05) is 41.7 Å². The maximum Gasteiger partial charge on any atom is 0.330 e. The molecule has 0 spiro atoms. The van der Waals surface area contributed by atoms with Gasteiger partial charge in [-0.25, -0.2) is 4.79 Å². The van der Waals surface area contributed by atoms with Gasteiger partial charge in [0.2, 0.25) is 0 Å². The van der Waals surface area contributed by atoms with E-state index in [9.17, 15) is 9.59 Å². The van der Waals surface area contributed by atoms with E-state index in [-0.39, 0.29) is 17.9 Å². The van der Waals surface area contributed by atoms with Gasteiger partial charge in [-0.15, -0.1) is 0 Å². The Bertz CT molecular complexity index is 1040. The van der Waals surface area contributed by atoms with Gasteiger partial charge >= 0.3 is 11.9 Å². The van der Waals surface area contributed by atoms with Crippen molar-refractivity contribution >= 4 is 24.1 Å². The molecule has 0 aromatic heterocycles. The van der Waals surface area contributed by atoms with E-state index < -0.39 is 0 Å². The van der Waals surface area contributed by atoms with E-state index >= 15 is 0 Å². The van der Waals surface area contributed by atoms with E-state index in [0.717, 1.165) is 30.4 Å². The molecule has 1 aliphatic rings. The molecule has 2 atom stereocenters. The average molecular weight is 567 g/mol. The molecule has 6 nitrogen and oxygen atoms in total. The normalized spacial score (nSPS) is 15.7. The van der Waals surface area contributed by atoms with Crippen LogP contribution in [0.3, 0.4) is 0 Å². The number of allylic oxidation sites excluding steroid dienone is 1. The van der Waals surface area contributed by atoms with Gasteiger partial charge in [-0.1, -0.05) is 112 Å². The second-order valence-electron chi connectivity index (χ2n) is 8.57. The molecule has 226 valence electrons. The maximum absolute atomic E-state index is 11.5. The molecule has 1 aliphatic carbocycles. The minimum Gasteiger partial charge on any atom is -0.469 e. The lowest BCUT2D eigenvalue weighted by Crippen LogP contribution is -2.06. The molecule has 0 N–H and O–H groups in total. The fraction of sp³-hybridized carbons (Fsp3) is 0.429. The number of hydrogen-bond acceptors (Lipinski definition) is 6. The molecule has 0 bridgehead atoms. The molecule has 1 fully saturated rings. The van der Waals surface area contributed by atoms with Crippen molar-refractivity contribution in [1.29, 1.82) is 0 Å². The van der Waals surface area contributed by atoms with Crippen LogP contribution in [0.1, 0.15) is 58.1 Å². The summed E-state index contributed by atoms with van der Waals surface area (Å²) in [5, 5.41) is 0. The van der Waals surface area contributed by atoms with E-state index in [4.69, 9.17) is 14.2 Å². The van der Waals surface area contributed by atoms with Gasteiger partial charge in [-0.05, 0) is 41.9 Å². The summed E-state index contributed by atoms with van der Waals surface area (Å²) in [5.74, 6) is -0.0904. The average Bonchev–Trinajstić information content (AvgIpc) is 3.84. The summed E-state index contributed by atoms with van der Waals surface area (Å²) in [5.41, 5.74) is 4.57. The Morgan fingerprint density at radius 1 is 0.683 bits per heavy atom. The molecule has 2 aromatic rings. The first-order chi connectivity index (χ1) is 20.0. The minimum atomic E-state index is -0.355. The highest BCUT2D eigenvalue weighted by Gasteiger charge is 2.45. The van der Waals surface area contributed by atoms with Crippen LogP contribution >= 0.6 is 0 Å². The van der Waals surface area contributed by atoms with Gasteiger partial charge in [-0.2, -0.15) is 0 Å². The van der Waals surface area contributed by atoms with Crippen molar-refractivity contribution in [3.05, 3.63) is 95.1 Å². The summed E-state index contributed by atoms with van der Waals surface area (Å²) < 4.78 is 19.6. The molecule has 3 rings (SSSR count). The van der Waals surface area contributed by atoms with Crippen molar-refractivity contribution < 1.29 is 28.5 Å². The van der Waals surface area contributed by atoms with E-state index in [0.29, 0.717) is 19.1 Å². The number of esters is 2. The number of rotatable bonds is 12. The van der Waals surface area contributed by atoms with Crippen molar-refractivity contribution in [3.8, 4) is 0 Å². The Morgan fingerprint density at radius 2 is 1.20 bits per heavy atom. The molecule has 0 saturated heterocycles. The number of hydrogen-bond donors (Lipinski definition) is 0. The Balaban J connectivity index is 0.000000697. The van der Waals surface area contributed by atoms with Crippen LogP contribution in [0.2, 0.25) is 0 Å². The lowest BCUT2D eigenvalue weighted by molar-refractivity contribution is -0.142. The first-order valence-corrected chi connectivity index (χ1v) is 14.3. The quantitative estimate of drug-likeness (QED) is 0.148. The summed E-state index contributed by atoms with van der Waals surface area (Å²) >= 11 is 0. The molecule has 0 unspecified atom stereocenters. The molecule has 0 aliphatic heterocycles. The van der Waals surface area contributed by atoms with Crippen LogP contribution < -0.4 is 0 Å². The van der Waals surface area contributed by atoms with E-state index in [1.165, 1.54) is 31.4 Å². The van der Waals surface area contributed by atoms with Crippen LogP contribution in [0.25, 0.3) is 12.2 Å². The summed E-state index contributed by atoms with van der Waals surface area (Å²) in [6, 6.07) is 20.1. The van der Waals surface area contributed by atoms with Crippen LogP contribution in [0.15, 0.2) is 84.0 Å². The van der Waals surface area contributed by atoms with Crippen LogP contribution in [0.4, 0.5) is 0 Å². The van der Waals surface area contributed by atoms with Crippen LogP contribution in [-0.2, 0) is 28.5 Å². The Kier molecular flexibility index (Phi) is 22.3. The van der Waals surface area contributed by atoms with Gasteiger partial charge in [0.25, 0.3) is 0 Å². The highest BCUT2D eigenvalue weighted by Crippen LogP contribution is 2.46. The van der Waals surface area contributed by atoms with Crippen LogP contribution in [-0.4, -0.2) is 53.6 Å². The standard InChI is InChI=1S/C16H20O3.C15H18O3.2C2H6/c1-18-9-8-13(10-12-6-4-3-5-7-12)14-11-15(14)16(17)19-2;1-17-11-10-14(8-9-15(16)18-2)12-13-6-4-3-5-7-13;2*1-2/h3-7,10,14-15H,8-9,11H2,1-2H3;3-9,12H,10-11H2,1-2H3;2*1-2H3/b13-10+;9-8+,14-12-;;/t14-,15+;;;/m0.../s1. The fourth-order valence-electron chi connectivity index (χ4n) is 3.79. The molecule has 0 radical (unpaired) electrons. The molecule has 6 heteroatoms. The van der Waals surface area contributed by atoms with Gasteiger partial charge in [0.15, 0.2) is 0 Å². The zero-order chi connectivity index (χ0) is 30.9. The summed E-state index contributed by atoms with van der Waals surface area (Å²) in [7, 11) is 6.17. The summed E-state index contributed by atoms with van der Waals surface area (Å²) in [4.78, 5) is 22.6. The van der Waals surface area contributed by atoms with Gasteiger partial charge in [-0.3, -0.25) is 4.79 Å². The molecule has 41 heavy (non-hydrogen) atoms. The van der Waals surface area contributed by atoms with Crippen molar-refractivity contribution in [3.63, 3.8) is 0 Å². The lowest BCUT2D eigenvalue weighted by atomic mass is 10.0. The molecule has 0 amide bonds. The van der Waals surface area contributed by atoms with Gasteiger partial charge in [0, 0.05) is 26.9 Å². The number of carbonyl (C=O) groups excluding carboxylic acids is 2. The Morgan fingerprint density at radius 3 is 1.68 bits per heavy atom. The van der Waals surface area contributed by atoms with Gasteiger partial charge in [0.1, 0.15) is 0 Å². The fourth-order valence-corrected chi connectivity index (χ4v) is 3.79. The van der Waals surface area contributed by atoms with Crippen molar-refractivity contribution in [1.82, 2.24) is 0 Å². The summed E-state index contributed by atoms with van der Waals surface area (Å²) in [6.45, 7) is 9.30. The molecular weight excluding hydrogens is 516 g/mol. The SMILES string of the molecule is CC.CC.COCC/C(=C\c1ccccc1)[C@@H]1C[C@H]1C(=O)OC.COCCC(/C=C/C(=O)OC)=C\c1ccccc1. The zero-order valence-electron chi connectivity index (χ0n) is 26.2. The number of benzene rings is 2. The number of ether oxygens (including phenoxy) is 4. The lowest BCUT2D eigenvalue weighted by Gasteiger charge is -2.07. The number of methoxy groups -OCH3 is 4. The topological polar surface area (TPSA) is 71.1 Å². The molecule has 1 saturated carbocycles. The first-order valence-electron chi connectivity index (χ1n) is 14.3. The van der Waals surface area contributed by atoms with Crippen molar-refractivity contribution in [2.24, 2.45) is 11.8 Å². The summed E-state index contributed by atoms with van der Waals surface area (Å²) in [6.07, 6.45) is 9.89. The van der Waals surface area contributed by atoms with E-state index in [1.54, 1.807) is 20.3 Å². The molecular formula is C35H50O6. The van der Waals surface area contributed by atoms with E-state index in [2.05, 4.69) is 22.9 Å². The third-order valence-corrected chi connectivity index (χ3v) is 5.90. The zero-order valence-corrected chi connectivity index (χ0v) is 26.2. The minimum absolute atomic E-state index is 0.0387. The second-order valence-corrected chi connectivity index (χ2v) is 8.57. The van der Waals surface area contributed by atoms with Crippen LogP contribution in [0.5, 0.6) is 0 Å². The van der Waals surface area contributed by atoms with E-state index in [1.807, 2.05) is 82.3 Å². The first kappa shape index (κ1) is 37.5. The molecule has 0 heterocycles. The van der Waals surface area contributed by atoms with Gasteiger partial charge in [0.05, 0.1) is 26.7 Å².